The number of nitrogens with zero attached hydrogens (tertiary/aromatic N) is 5. The van der Waals surface area contributed by atoms with E-state index in [1.54, 1.807) is 11.3 Å². The van der Waals surface area contributed by atoms with Crippen molar-refractivity contribution in [2.75, 3.05) is 19.6 Å². The molecule has 0 saturated carbocycles. The summed E-state index contributed by atoms with van der Waals surface area (Å²) in [5.41, 5.74) is 1.21. The molecular weight excluding hydrogens is 332 g/mol. The third-order valence-corrected chi connectivity index (χ3v) is 5.48. The van der Waals surface area contributed by atoms with E-state index in [1.807, 2.05) is 0 Å². The van der Waals surface area contributed by atoms with Crippen LogP contribution in [-0.2, 0) is 19.6 Å². The number of likely N-dealkylation sites (tertiary alicyclic amines) is 1. The lowest BCUT2D eigenvalue weighted by Gasteiger charge is -2.31. The zero-order valence-corrected chi connectivity index (χ0v) is 15.0. The van der Waals surface area contributed by atoms with Gasteiger partial charge in [0.05, 0.1) is 17.2 Å². The number of piperidine rings is 1. The fraction of sp³-hybridized carbons (Fsp3) is 0.667. The molecule has 23 heavy (non-hydrogen) atoms. The summed E-state index contributed by atoms with van der Waals surface area (Å²) >= 11 is 1.74. The van der Waals surface area contributed by atoms with Crippen molar-refractivity contribution in [3.05, 3.63) is 27.7 Å². The average Bonchev–Trinajstić information content (AvgIpc) is 3.14. The molecule has 0 unspecified atom stereocenters. The molecule has 0 amide bonds. The molecule has 126 valence electrons. The number of fused-ring (bicyclic) bond motifs is 1. The van der Waals surface area contributed by atoms with Gasteiger partial charge in [-0.05, 0) is 32.9 Å². The monoisotopic (exact) mass is 354 g/mol. The molecule has 0 atom stereocenters. The highest BCUT2D eigenvalue weighted by atomic mass is 35.5. The van der Waals surface area contributed by atoms with Crippen LogP contribution in [0.2, 0.25) is 0 Å². The second-order valence-corrected chi connectivity index (χ2v) is 7.27. The molecule has 2 aromatic rings. The van der Waals surface area contributed by atoms with E-state index in [2.05, 4.69) is 42.3 Å². The Morgan fingerprint density at radius 3 is 2.83 bits per heavy atom. The molecule has 0 radical (unpaired) electrons. The van der Waals surface area contributed by atoms with Gasteiger partial charge in [0.15, 0.2) is 0 Å². The summed E-state index contributed by atoms with van der Waals surface area (Å²) in [5.74, 6) is 2.87. The van der Waals surface area contributed by atoms with Gasteiger partial charge in [-0.15, -0.1) is 33.9 Å². The van der Waals surface area contributed by atoms with Crippen LogP contribution in [-0.4, -0.2) is 44.3 Å². The topological polar surface area (TPSA) is 58.9 Å². The van der Waals surface area contributed by atoms with E-state index in [-0.39, 0.29) is 12.4 Å². The Labute approximate surface area is 146 Å². The van der Waals surface area contributed by atoms with E-state index >= 15 is 0 Å². The van der Waals surface area contributed by atoms with Crippen LogP contribution in [0.5, 0.6) is 0 Å². The molecule has 1 N–H and O–H groups in total. The minimum atomic E-state index is 0. The minimum Gasteiger partial charge on any atom is -0.312 e. The Morgan fingerprint density at radius 1 is 1.26 bits per heavy atom. The van der Waals surface area contributed by atoms with Crippen LogP contribution in [0.1, 0.15) is 41.1 Å². The smallest absolute Gasteiger partial charge is 0.147 e. The van der Waals surface area contributed by atoms with Crippen LogP contribution in [0.25, 0.3) is 0 Å². The van der Waals surface area contributed by atoms with Gasteiger partial charge in [0, 0.05) is 30.9 Å². The van der Waals surface area contributed by atoms with Crippen molar-refractivity contribution in [1.82, 2.24) is 30.0 Å². The maximum atomic E-state index is 4.57. The van der Waals surface area contributed by atoms with Crippen LogP contribution >= 0.6 is 23.7 Å². The predicted octanol–water partition coefficient (Wildman–Crippen LogP) is 1.95. The third-order valence-electron chi connectivity index (χ3n) is 4.66. The Kier molecular flexibility index (Phi) is 5.31. The van der Waals surface area contributed by atoms with E-state index in [9.17, 15) is 0 Å². The number of hydrogen-bond donors (Lipinski definition) is 1. The maximum absolute atomic E-state index is 4.57. The second kappa shape index (κ2) is 7.25. The van der Waals surface area contributed by atoms with Crippen molar-refractivity contribution in [3.8, 4) is 0 Å². The fourth-order valence-corrected chi connectivity index (χ4v) is 4.08. The Hall–Kier alpha value is -1.02. The SMILES string of the molecule is Cc1nc(CN2CCC(c3nnc4n3CCNC4)CC2)cs1.Cl. The van der Waals surface area contributed by atoms with E-state index in [0.29, 0.717) is 5.92 Å². The summed E-state index contributed by atoms with van der Waals surface area (Å²) in [5, 5.41) is 15.5. The lowest BCUT2D eigenvalue weighted by Crippen LogP contribution is -2.34. The van der Waals surface area contributed by atoms with Crippen molar-refractivity contribution < 1.29 is 0 Å². The predicted molar refractivity (Wildman–Crippen MR) is 93.1 cm³/mol. The molecule has 1 saturated heterocycles. The number of hydrogen-bond acceptors (Lipinski definition) is 6. The molecule has 1 fully saturated rings. The van der Waals surface area contributed by atoms with Crippen molar-refractivity contribution in [3.63, 3.8) is 0 Å². The van der Waals surface area contributed by atoms with Crippen molar-refractivity contribution in [1.29, 1.82) is 0 Å². The zero-order chi connectivity index (χ0) is 14.9. The first-order valence-corrected chi connectivity index (χ1v) is 8.93. The van der Waals surface area contributed by atoms with Gasteiger partial charge in [-0.3, -0.25) is 4.90 Å². The standard InChI is InChI=1S/C15H22N6S.ClH/c1-11-17-13(10-22-11)9-20-5-2-12(3-6-20)15-19-18-14-8-16-4-7-21(14)15;/h10,12,16H,2-9H2,1H3;1H. The first-order valence-electron chi connectivity index (χ1n) is 8.05. The first-order chi connectivity index (χ1) is 10.8. The summed E-state index contributed by atoms with van der Waals surface area (Å²) < 4.78 is 2.33. The largest absolute Gasteiger partial charge is 0.312 e. The molecule has 2 aliphatic rings. The fourth-order valence-electron chi connectivity index (χ4n) is 3.48. The molecule has 2 aliphatic heterocycles. The van der Waals surface area contributed by atoms with Crippen LogP contribution in [0.4, 0.5) is 0 Å². The number of aromatic nitrogens is 4. The molecular formula is C15H23ClN6S. The highest BCUT2D eigenvalue weighted by Gasteiger charge is 2.27. The lowest BCUT2D eigenvalue weighted by molar-refractivity contribution is 0.198. The van der Waals surface area contributed by atoms with Crippen LogP contribution < -0.4 is 5.32 Å². The van der Waals surface area contributed by atoms with E-state index in [4.69, 9.17) is 0 Å². The molecule has 4 heterocycles. The number of thiazole rings is 1. The molecule has 4 rings (SSSR count). The maximum Gasteiger partial charge on any atom is 0.147 e. The van der Waals surface area contributed by atoms with Gasteiger partial charge in [-0.25, -0.2) is 4.98 Å². The summed E-state index contributed by atoms with van der Waals surface area (Å²) in [7, 11) is 0. The second-order valence-electron chi connectivity index (χ2n) is 6.21. The normalized spacial score (nSPS) is 19.3. The van der Waals surface area contributed by atoms with Gasteiger partial charge in [0.25, 0.3) is 0 Å². The number of nitrogens with one attached hydrogen (secondary N) is 1. The summed E-state index contributed by atoms with van der Waals surface area (Å²) in [6, 6.07) is 0. The van der Waals surface area contributed by atoms with Crippen molar-refractivity contribution >= 4 is 23.7 Å². The van der Waals surface area contributed by atoms with Crippen molar-refractivity contribution in [2.45, 2.75) is 45.3 Å². The molecule has 0 spiro atoms. The number of halogens is 1. The van der Waals surface area contributed by atoms with Gasteiger partial charge in [0.1, 0.15) is 11.6 Å². The van der Waals surface area contributed by atoms with E-state index in [0.717, 1.165) is 50.1 Å². The van der Waals surface area contributed by atoms with Gasteiger partial charge < -0.3 is 9.88 Å². The molecule has 0 bridgehead atoms. The zero-order valence-electron chi connectivity index (χ0n) is 13.4. The summed E-state index contributed by atoms with van der Waals surface area (Å²) in [6.45, 7) is 8.21. The summed E-state index contributed by atoms with van der Waals surface area (Å²) in [6.07, 6.45) is 2.35. The van der Waals surface area contributed by atoms with Crippen LogP contribution in [0, 0.1) is 6.92 Å². The molecule has 0 aromatic carbocycles. The Balaban J connectivity index is 0.00000156. The van der Waals surface area contributed by atoms with Crippen LogP contribution in [0.3, 0.4) is 0 Å². The van der Waals surface area contributed by atoms with Crippen LogP contribution in [0.15, 0.2) is 5.38 Å². The minimum absolute atomic E-state index is 0. The third kappa shape index (κ3) is 3.57. The van der Waals surface area contributed by atoms with E-state index in [1.165, 1.54) is 24.4 Å². The van der Waals surface area contributed by atoms with Gasteiger partial charge in [-0.2, -0.15) is 0 Å². The quantitative estimate of drug-likeness (QED) is 0.912. The van der Waals surface area contributed by atoms with E-state index < -0.39 is 0 Å². The Bertz CT molecular complexity index is 646. The Morgan fingerprint density at radius 2 is 2.09 bits per heavy atom. The van der Waals surface area contributed by atoms with Gasteiger partial charge >= 0.3 is 0 Å². The van der Waals surface area contributed by atoms with Gasteiger partial charge in [0.2, 0.25) is 0 Å². The molecule has 2 aromatic heterocycles. The lowest BCUT2D eigenvalue weighted by atomic mass is 9.95. The number of aryl methyl sites for hydroxylation is 1. The molecule has 6 nitrogen and oxygen atoms in total. The summed E-state index contributed by atoms with van der Waals surface area (Å²) in [4.78, 5) is 7.09. The van der Waals surface area contributed by atoms with Gasteiger partial charge in [-0.1, -0.05) is 0 Å². The average molecular weight is 355 g/mol. The van der Waals surface area contributed by atoms with Crippen molar-refractivity contribution in [2.24, 2.45) is 0 Å². The highest BCUT2D eigenvalue weighted by molar-refractivity contribution is 7.09. The molecule has 0 aliphatic carbocycles. The first kappa shape index (κ1) is 16.8. The molecule has 8 heteroatoms. The highest BCUT2D eigenvalue weighted by Crippen LogP contribution is 2.28. The number of rotatable bonds is 3.